The lowest BCUT2D eigenvalue weighted by Gasteiger charge is -2.24. The maximum absolute atomic E-state index is 12.5. The topological polar surface area (TPSA) is 51.7 Å². The van der Waals surface area contributed by atoms with Gasteiger partial charge in [0.05, 0.1) is 19.8 Å². The van der Waals surface area contributed by atoms with Crippen LogP contribution < -0.4 is 4.74 Å². The lowest BCUT2D eigenvalue weighted by Crippen LogP contribution is -2.38. The molecule has 1 heterocycles. The van der Waals surface area contributed by atoms with Crippen molar-refractivity contribution in [2.75, 3.05) is 27.9 Å². The van der Waals surface area contributed by atoms with E-state index in [1.807, 2.05) is 31.2 Å². The third-order valence-corrected chi connectivity index (χ3v) is 3.51. The van der Waals surface area contributed by atoms with E-state index in [-0.39, 0.29) is 11.9 Å². The van der Waals surface area contributed by atoms with E-state index < -0.39 is 0 Å². The van der Waals surface area contributed by atoms with Gasteiger partial charge in [0.15, 0.2) is 0 Å². The fourth-order valence-electron chi connectivity index (χ4n) is 2.17. The second kappa shape index (κ2) is 6.54. The van der Waals surface area contributed by atoms with Crippen molar-refractivity contribution >= 4 is 16.7 Å². The smallest absolute Gasteiger partial charge is 0.272 e. The van der Waals surface area contributed by atoms with Crippen molar-refractivity contribution in [3.8, 4) is 5.88 Å². The number of rotatable bonds is 5. The summed E-state index contributed by atoms with van der Waals surface area (Å²) in [6.45, 7) is 2.41. The lowest BCUT2D eigenvalue weighted by atomic mass is 10.1. The molecule has 112 valence electrons. The Balaban J connectivity index is 2.40. The van der Waals surface area contributed by atoms with Gasteiger partial charge in [0.1, 0.15) is 5.69 Å². The van der Waals surface area contributed by atoms with Crippen molar-refractivity contribution in [2.24, 2.45) is 0 Å². The Kier molecular flexibility index (Phi) is 4.75. The number of benzene rings is 1. The van der Waals surface area contributed by atoms with Gasteiger partial charge >= 0.3 is 0 Å². The number of likely N-dealkylation sites (N-methyl/N-ethyl adjacent to an activating group) is 1. The summed E-state index contributed by atoms with van der Waals surface area (Å²) in [5.74, 6) is 0.313. The molecule has 0 unspecified atom stereocenters. The molecule has 2 rings (SSSR count). The van der Waals surface area contributed by atoms with Gasteiger partial charge in [-0.2, -0.15) is 0 Å². The first-order valence-corrected chi connectivity index (χ1v) is 6.78. The Bertz CT molecular complexity index is 642. The molecule has 1 aromatic carbocycles. The summed E-state index contributed by atoms with van der Waals surface area (Å²) in [6.07, 6.45) is 0. The van der Waals surface area contributed by atoms with Crippen LogP contribution in [0.4, 0.5) is 0 Å². The number of carbonyl (C=O) groups is 1. The maximum Gasteiger partial charge on any atom is 0.272 e. The Morgan fingerprint density at radius 3 is 2.71 bits per heavy atom. The van der Waals surface area contributed by atoms with Crippen molar-refractivity contribution in [3.63, 3.8) is 0 Å². The van der Waals surface area contributed by atoms with Crippen LogP contribution in [0.25, 0.3) is 10.8 Å². The number of hydrogen-bond donors (Lipinski definition) is 0. The van der Waals surface area contributed by atoms with Gasteiger partial charge in [-0.05, 0) is 24.4 Å². The number of ether oxygens (including phenoxy) is 2. The summed E-state index contributed by atoms with van der Waals surface area (Å²) in [6, 6.07) is 9.47. The van der Waals surface area contributed by atoms with Gasteiger partial charge < -0.3 is 14.4 Å². The Morgan fingerprint density at radius 2 is 2.05 bits per heavy atom. The molecule has 1 amide bonds. The van der Waals surface area contributed by atoms with E-state index in [0.717, 1.165) is 10.8 Å². The lowest BCUT2D eigenvalue weighted by molar-refractivity contribution is 0.0627. The van der Waals surface area contributed by atoms with E-state index in [9.17, 15) is 4.79 Å². The minimum atomic E-state index is -0.149. The highest BCUT2D eigenvalue weighted by molar-refractivity contribution is 5.98. The summed E-state index contributed by atoms with van der Waals surface area (Å²) in [5.41, 5.74) is 0.371. The molecule has 0 radical (unpaired) electrons. The Morgan fingerprint density at radius 1 is 1.33 bits per heavy atom. The van der Waals surface area contributed by atoms with E-state index in [2.05, 4.69) is 4.98 Å². The minimum absolute atomic E-state index is 0.0261. The first-order chi connectivity index (χ1) is 10.1. The van der Waals surface area contributed by atoms with Gasteiger partial charge in [-0.15, -0.1) is 0 Å². The molecule has 0 fully saturated rings. The standard InChI is InChI=1S/C16H20N2O3/c1-11(10-20-3)18(2)16(19)14-9-12-7-5-6-8-13(12)15(17-14)21-4/h5-9,11H,10H2,1-4H3/t11-/m1/s1. The van der Waals surface area contributed by atoms with Crippen molar-refractivity contribution in [1.82, 2.24) is 9.88 Å². The van der Waals surface area contributed by atoms with Crippen LogP contribution in [0.15, 0.2) is 30.3 Å². The molecule has 0 aliphatic carbocycles. The van der Waals surface area contributed by atoms with Gasteiger partial charge in [-0.3, -0.25) is 4.79 Å². The summed E-state index contributed by atoms with van der Waals surface area (Å²) < 4.78 is 10.4. The molecule has 0 aliphatic rings. The second-order valence-electron chi connectivity index (χ2n) is 4.96. The predicted molar refractivity (Wildman–Crippen MR) is 81.7 cm³/mol. The third-order valence-electron chi connectivity index (χ3n) is 3.51. The van der Waals surface area contributed by atoms with E-state index in [1.165, 1.54) is 0 Å². The molecule has 0 saturated heterocycles. The Labute approximate surface area is 124 Å². The molecule has 5 heteroatoms. The van der Waals surface area contributed by atoms with E-state index in [4.69, 9.17) is 9.47 Å². The van der Waals surface area contributed by atoms with Gasteiger partial charge in [-0.1, -0.05) is 18.2 Å². The highest BCUT2D eigenvalue weighted by atomic mass is 16.5. The average Bonchev–Trinajstić information content (AvgIpc) is 2.52. The van der Waals surface area contributed by atoms with Crippen LogP contribution in [0.5, 0.6) is 5.88 Å². The molecule has 21 heavy (non-hydrogen) atoms. The van der Waals surface area contributed by atoms with Crippen molar-refractivity contribution in [1.29, 1.82) is 0 Å². The fraction of sp³-hybridized carbons (Fsp3) is 0.375. The normalized spacial score (nSPS) is 12.2. The van der Waals surface area contributed by atoms with Crippen LogP contribution in [0, 0.1) is 0 Å². The zero-order valence-corrected chi connectivity index (χ0v) is 12.8. The van der Waals surface area contributed by atoms with Crippen LogP contribution >= 0.6 is 0 Å². The van der Waals surface area contributed by atoms with Crippen LogP contribution in [0.2, 0.25) is 0 Å². The maximum atomic E-state index is 12.5. The molecule has 0 aliphatic heterocycles. The number of nitrogens with zero attached hydrogens (tertiary/aromatic N) is 2. The summed E-state index contributed by atoms with van der Waals surface area (Å²) in [4.78, 5) is 18.5. The molecule has 1 aromatic heterocycles. The fourth-order valence-corrected chi connectivity index (χ4v) is 2.17. The van der Waals surface area contributed by atoms with Crippen LogP contribution in [-0.4, -0.2) is 49.7 Å². The highest BCUT2D eigenvalue weighted by Crippen LogP contribution is 2.24. The first kappa shape index (κ1) is 15.3. The molecule has 2 aromatic rings. The third kappa shape index (κ3) is 3.13. The summed E-state index contributed by atoms with van der Waals surface area (Å²) in [5, 5.41) is 1.82. The summed E-state index contributed by atoms with van der Waals surface area (Å²) in [7, 11) is 4.92. The predicted octanol–water partition coefficient (Wildman–Crippen LogP) is 2.35. The monoisotopic (exact) mass is 288 g/mol. The molecule has 0 bridgehead atoms. The average molecular weight is 288 g/mol. The number of amides is 1. The van der Waals surface area contributed by atoms with E-state index in [1.54, 1.807) is 32.2 Å². The zero-order chi connectivity index (χ0) is 15.4. The van der Waals surface area contributed by atoms with Crippen molar-refractivity contribution < 1.29 is 14.3 Å². The number of carbonyl (C=O) groups excluding carboxylic acids is 1. The number of methoxy groups -OCH3 is 2. The van der Waals surface area contributed by atoms with Crippen LogP contribution in [0.1, 0.15) is 17.4 Å². The van der Waals surface area contributed by atoms with Gasteiger partial charge in [0.25, 0.3) is 5.91 Å². The molecule has 0 N–H and O–H groups in total. The van der Waals surface area contributed by atoms with Gasteiger partial charge in [0.2, 0.25) is 5.88 Å². The highest BCUT2D eigenvalue weighted by Gasteiger charge is 2.20. The molecule has 5 nitrogen and oxygen atoms in total. The van der Waals surface area contributed by atoms with Crippen molar-refractivity contribution in [2.45, 2.75) is 13.0 Å². The SMILES string of the molecule is COC[C@@H](C)N(C)C(=O)c1cc2ccccc2c(OC)n1. The molecule has 1 atom stereocenters. The summed E-state index contributed by atoms with van der Waals surface area (Å²) >= 11 is 0. The van der Waals surface area contributed by atoms with Gasteiger partial charge in [-0.25, -0.2) is 4.98 Å². The minimum Gasteiger partial charge on any atom is -0.481 e. The number of aromatic nitrogens is 1. The molecule has 0 saturated carbocycles. The molecular formula is C16H20N2O3. The Hall–Kier alpha value is -2.14. The first-order valence-electron chi connectivity index (χ1n) is 6.78. The molecular weight excluding hydrogens is 268 g/mol. The number of pyridine rings is 1. The largest absolute Gasteiger partial charge is 0.481 e. The van der Waals surface area contributed by atoms with E-state index >= 15 is 0 Å². The van der Waals surface area contributed by atoms with Gasteiger partial charge in [0, 0.05) is 19.5 Å². The van der Waals surface area contributed by atoms with E-state index in [0.29, 0.717) is 18.2 Å². The number of fused-ring (bicyclic) bond motifs is 1. The van der Waals surface area contributed by atoms with Crippen LogP contribution in [-0.2, 0) is 4.74 Å². The molecule has 0 spiro atoms. The quantitative estimate of drug-likeness (QED) is 0.847. The van der Waals surface area contributed by atoms with Crippen molar-refractivity contribution in [3.05, 3.63) is 36.0 Å². The zero-order valence-electron chi connectivity index (χ0n) is 12.8. The van der Waals surface area contributed by atoms with Crippen LogP contribution in [0.3, 0.4) is 0 Å². The second-order valence-corrected chi connectivity index (χ2v) is 4.96. The number of hydrogen-bond acceptors (Lipinski definition) is 4.